The van der Waals surface area contributed by atoms with E-state index in [2.05, 4.69) is 276 Å². The zero-order valence-corrected chi connectivity index (χ0v) is 50.1. The predicted octanol–water partition coefficient (Wildman–Crippen LogP) is 15.0. The fourth-order valence-corrected chi connectivity index (χ4v) is 26.0. The van der Waals surface area contributed by atoms with Gasteiger partial charge >= 0.3 is 0 Å². The van der Waals surface area contributed by atoms with Crippen LogP contribution in [0.2, 0.25) is 0 Å². The Morgan fingerprint density at radius 3 is 1.38 bits per heavy atom. The van der Waals surface area contributed by atoms with Crippen LogP contribution in [0.4, 0.5) is 0 Å². The maximum absolute atomic E-state index is 9.73. The second-order valence-electron chi connectivity index (χ2n) is 23.4. The first kappa shape index (κ1) is 42.0. The monoisotopic (exact) mass is 1170 g/mol. The molecule has 2 aliphatic rings. The lowest BCUT2D eigenvalue weighted by atomic mass is 9.62. The van der Waals surface area contributed by atoms with Crippen LogP contribution in [0.15, 0.2) is 352 Å². The smallest absolute Gasteiger partial charge is 0.180 e. The van der Waals surface area contributed by atoms with Gasteiger partial charge in [0, 0.05) is 27.2 Å². The van der Waals surface area contributed by atoms with Gasteiger partial charge in [-0.2, -0.15) is 0 Å². The number of para-hydroxylation sites is 2. The highest BCUT2D eigenvalue weighted by Crippen LogP contribution is 2.56. The molecule has 0 atom stereocenters. The van der Waals surface area contributed by atoms with Gasteiger partial charge in [-0.05, 0) is 141 Å². The van der Waals surface area contributed by atoms with Crippen molar-refractivity contribution in [1.82, 2.24) is 9.13 Å². The molecule has 0 aliphatic carbocycles. The van der Waals surface area contributed by atoms with Crippen molar-refractivity contribution in [2.45, 2.75) is 5.41 Å². The van der Waals surface area contributed by atoms with Gasteiger partial charge in [-0.1, -0.05) is 297 Å². The van der Waals surface area contributed by atoms with Gasteiger partial charge in [-0.3, -0.25) is 0 Å². The number of hydrogen-bond acceptors (Lipinski definition) is 0. The van der Waals surface area contributed by atoms with Crippen molar-refractivity contribution in [2.24, 2.45) is 0 Å². The van der Waals surface area contributed by atoms with Crippen molar-refractivity contribution in [3.63, 3.8) is 0 Å². The third kappa shape index (κ3) is 7.24. The van der Waals surface area contributed by atoms with Gasteiger partial charge in [0.1, 0.15) is 0 Å². The van der Waals surface area contributed by atoms with E-state index in [1.807, 2.05) is 24.3 Å². The molecule has 89 heavy (non-hydrogen) atoms. The van der Waals surface area contributed by atoms with E-state index in [4.69, 9.17) is 5.48 Å². The van der Waals surface area contributed by atoms with Crippen LogP contribution in [-0.4, -0.2) is 25.3 Å². The van der Waals surface area contributed by atoms with E-state index in [-0.39, 0.29) is 35.3 Å². The third-order valence-corrected chi connectivity index (χ3v) is 29.0. The van der Waals surface area contributed by atoms with E-state index < -0.39 is 57.8 Å². The van der Waals surface area contributed by atoms with E-state index in [1.165, 1.54) is 41.9 Å². The molecule has 2 aromatic heterocycles. The highest BCUT2D eigenvalue weighted by molar-refractivity contribution is 7.21. The summed E-state index contributed by atoms with van der Waals surface area (Å²) in [6.07, 6.45) is 0. The van der Waals surface area contributed by atoms with Crippen LogP contribution in [-0.2, 0) is 5.41 Å². The molecule has 0 N–H and O–H groups in total. The summed E-state index contributed by atoms with van der Waals surface area (Å²) >= 11 is 0. The van der Waals surface area contributed by atoms with Gasteiger partial charge in [0.05, 0.1) is 46.9 Å². The Morgan fingerprint density at radius 1 is 0.303 bits per heavy atom. The SMILES string of the molecule is [2H]c1c([2H])c([2H])c(-c2ccc3c(c2)c2cc(-c4c([2H])c([2H])c([2H])c([2H])c4[2H])cc4c2n3-c2cc([Si](c3ccccc3)(c3ccccc3)c3cccc(-n5c6ccccc6c6ccccc65)c3)ccc2C42c3ccccc3[Si](c3ccccc3)(c3ccccc3)c3ccccc32)c([2H])c1[2H]. The molecule has 14 aromatic carbocycles. The van der Waals surface area contributed by atoms with Gasteiger partial charge in [-0.15, -0.1) is 0 Å². The minimum atomic E-state index is -3.54. The summed E-state index contributed by atoms with van der Waals surface area (Å²) in [4.78, 5) is 0. The number of rotatable bonds is 9. The molecule has 0 amide bonds. The molecule has 4 heterocycles. The highest BCUT2D eigenvalue weighted by atomic mass is 28.3. The van der Waals surface area contributed by atoms with Crippen LogP contribution < -0.4 is 41.5 Å². The first-order valence-electron chi connectivity index (χ1n) is 35.2. The lowest BCUT2D eigenvalue weighted by Crippen LogP contribution is -2.79. The van der Waals surface area contributed by atoms with Gasteiger partial charge in [0.25, 0.3) is 0 Å². The Hall–Kier alpha value is -10.9. The van der Waals surface area contributed by atoms with Gasteiger partial charge < -0.3 is 9.13 Å². The predicted molar refractivity (Wildman–Crippen MR) is 379 cm³/mol. The molecule has 416 valence electrons. The third-order valence-electron chi connectivity index (χ3n) is 19.3. The van der Waals surface area contributed by atoms with Crippen molar-refractivity contribution in [1.29, 1.82) is 0 Å². The quantitative estimate of drug-likeness (QED) is 0.101. The molecule has 0 saturated heterocycles. The molecule has 2 nitrogen and oxygen atoms in total. The van der Waals surface area contributed by atoms with Crippen LogP contribution >= 0.6 is 0 Å². The Labute approximate surface area is 534 Å². The molecule has 0 fully saturated rings. The summed E-state index contributed by atoms with van der Waals surface area (Å²) in [6.45, 7) is 0. The average molecular weight is 1170 g/mol. The summed E-state index contributed by atoms with van der Waals surface area (Å²) < 4.78 is 96.5. The van der Waals surface area contributed by atoms with E-state index in [1.54, 1.807) is 0 Å². The lowest BCUT2D eigenvalue weighted by Gasteiger charge is -2.51. The molecule has 18 rings (SSSR count). The maximum Gasteiger partial charge on any atom is 0.180 e. The van der Waals surface area contributed by atoms with Crippen molar-refractivity contribution >= 4 is 101 Å². The zero-order valence-electron chi connectivity index (χ0n) is 58.1. The Bertz CT molecular complexity index is 5840. The summed E-state index contributed by atoms with van der Waals surface area (Å²) in [5, 5.41) is 13.0. The fourth-order valence-electron chi connectivity index (χ4n) is 15.9. The number of hydrogen-bond donors (Lipinski definition) is 0. The first-order valence-corrected chi connectivity index (χ1v) is 34.2. The minimum Gasteiger partial charge on any atom is -0.309 e. The fraction of sp³-hybridized carbons (Fsp3) is 0.0118. The summed E-state index contributed by atoms with van der Waals surface area (Å²) in [7, 11) is -6.89. The largest absolute Gasteiger partial charge is 0.309 e. The molecule has 0 saturated carbocycles. The lowest BCUT2D eigenvalue weighted by molar-refractivity contribution is 0.733. The van der Waals surface area contributed by atoms with Crippen molar-refractivity contribution in [2.75, 3.05) is 0 Å². The number of aromatic nitrogens is 2. The Kier molecular flexibility index (Phi) is 9.49. The normalized spacial score (nSPS) is 15.1. The topological polar surface area (TPSA) is 9.86 Å². The van der Waals surface area contributed by atoms with Crippen molar-refractivity contribution in [3.05, 3.63) is 374 Å². The second kappa shape index (κ2) is 20.1. The molecular weight excluding hydrogens is 1110 g/mol. The molecule has 0 unspecified atom stereocenters. The van der Waals surface area contributed by atoms with Gasteiger partial charge in [0.15, 0.2) is 16.1 Å². The number of benzene rings is 14. The summed E-state index contributed by atoms with van der Waals surface area (Å²) in [5.74, 6) is 0. The van der Waals surface area contributed by atoms with Crippen LogP contribution in [0.5, 0.6) is 0 Å². The molecule has 4 heteroatoms. The summed E-state index contributed by atoms with van der Waals surface area (Å²) in [6, 6.07) is 101. The van der Waals surface area contributed by atoms with Crippen LogP contribution in [0, 0.1) is 0 Å². The van der Waals surface area contributed by atoms with E-state index in [0.29, 0.717) is 21.9 Å². The zero-order chi connectivity index (χ0) is 67.4. The maximum atomic E-state index is 9.73. The van der Waals surface area contributed by atoms with Crippen molar-refractivity contribution in [3.8, 4) is 33.6 Å². The van der Waals surface area contributed by atoms with Crippen molar-refractivity contribution < 1.29 is 13.7 Å². The van der Waals surface area contributed by atoms with Crippen LogP contribution in [0.1, 0.15) is 36.0 Å². The Morgan fingerprint density at radius 2 is 0.787 bits per heavy atom. The number of fused-ring (bicyclic) bond motifs is 14. The van der Waals surface area contributed by atoms with Crippen LogP contribution in [0.3, 0.4) is 0 Å². The molecular formula is C85H58N2Si2. The highest BCUT2D eigenvalue weighted by Gasteiger charge is 2.58. The standard InChI is InChI=1S/C85H58N2Si2/c1-7-28-59(29-8-1)61-50-53-80-72(54-61)73-55-62(60-30-9-2-10-31-60)56-77-84(73)87(80)81-58-69(51-52-74(81)85(77)75-44-21-25-48-82(75)89(66-37-15-5-16-38-66,67-39-17-6-18-40-67)83-49-26-22-45-76(83)85)88(64-33-11-3-12-34-64,65-35-13-4-14-36-65)68-41-27-32-63(57-68)86-78-46-23-19-42-70(78)71-43-20-24-47-79(71)86/h1-58H/i1D,2D,7D,8D,9D,10D,28D,29D,30D,31D. The van der Waals surface area contributed by atoms with E-state index in [0.717, 1.165) is 66.1 Å². The average Bonchev–Trinajstić information content (AvgIpc) is 1.62. The second-order valence-corrected chi connectivity index (χ2v) is 31.0. The molecule has 0 bridgehead atoms. The van der Waals surface area contributed by atoms with Gasteiger partial charge in [0.2, 0.25) is 0 Å². The van der Waals surface area contributed by atoms with E-state index >= 15 is 0 Å². The molecule has 1 spiro atoms. The number of nitrogens with zero attached hydrogens (tertiary/aromatic N) is 2. The molecule has 0 radical (unpaired) electrons. The Balaban J connectivity index is 1.04. The van der Waals surface area contributed by atoms with E-state index in [9.17, 15) is 8.22 Å². The first-order chi connectivity index (χ1) is 48.3. The van der Waals surface area contributed by atoms with Crippen LogP contribution in [0.25, 0.3) is 77.2 Å². The molecule has 2 aliphatic heterocycles. The minimum absolute atomic E-state index is 0.0393. The molecule has 16 aromatic rings. The summed E-state index contributed by atoms with van der Waals surface area (Å²) in [5.41, 5.74) is 9.22. The van der Waals surface area contributed by atoms with Gasteiger partial charge in [-0.25, -0.2) is 0 Å².